The second-order valence-electron chi connectivity index (χ2n) is 4.17. The SMILES string of the molecule is CC(C)Oc1ccc(C(NN)c2csnn2)cc1. The molecule has 0 aliphatic rings. The van der Waals surface area contributed by atoms with Crippen molar-refractivity contribution in [2.24, 2.45) is 5.84 Å². The van der Waals surface area contributed by atoms with Gasteiger partial charge in [0, 0.05) is 5.38 Å². The first-order valence-corrected chi connectivity index (χ1v) is 6.54. The molecule has 1 atom stereocenters. The van der Waals surface area contributed by atoms with Gasteiger partial charge in [-0.15, -0.1) is 5.10 Å². The van der Waals surface area contributed by atoms with Crippen molar-refractivity contribution in [2.45, 2.75) is 26.0 Å². The van der Waals surface area contributed by atoms with Crippen LogP contribution in [0.1, 0.15) is 31.1 Å². The molecule has 1 aromatic heterocycles. The third kappa shape index (κ3) is 3.04. The van der Waals surface area contributed by atoms with E-state index < -0.39 is 0 Å². The van der Waals surface area contributed by atoms with Gasteiger partial charge in [0.1, 0.15) is 5.75 Å². The molecule has 0 amide bonds. The molecule has 1 unspecified atom stereocenters. The highest BCUT2D eigenvalue weighted by atomic mass is 32.1. The number of nitrogens with zero attached hydrogens (tertiary/aromatic N) is 2. The third-order valence-corrected chi connectivity index (χ3v) is 2.95. The monoisotopic (exact) mass is 264 g/mol. The Morgan fingerprint density at radius 1 is 1.28 bits per heavy atom. The molecule has 96 valence electrons. The number of hydrazine groups is 1. The van der Waals surface area contributed by atoms with Crippen LogP contribution < -0.4 is 16.0 Å². The van der Waals surface area contributed by atoms with Crippen molar-refractivity contribution in [3.8, 4) is 5.75 Å². The zero-order chi connectivity index (χ0) is 13.0. The van der Waals surface area contributed by atoms with Crippen LogP contribution in [0.5, 0.6) is 5.75 Å². The summed E-state index contributed by atoms with van der Waals surface area (Å²) in [6, 6.07) is 7.67. The number of rotatable bonds is 5. The molecule has 2 aromatic rings. The summed E-state index contributed by atoms with van der Waals surface area (Å²) >= 11 is 1.31. The summed E-state index contributed by atoms with van der Waals surface area (Å²) in [6.07, 6.45) is 0.169. The fraction of sp³-hybridized carbons (Fsp3) is 0.333. The van der Waals surface area contributed by atoms with E-state index in [2.05, 4.69) is 15.0 Å². The van der Waals surface area contributed by atoms with E-state index in [0.29, 0.717) is 0 Å². The Labute approximate surface area is 110 Å². The molecule has 6 heteroatoms. The first kappa shape index (κ1) is 12.9. The van der Waals surface area contributed by atoms with E-state index in [1.54, 1.807) is 0 Å². The van der Waals surface area contributed by atoms with Crippen molar-refractivity contribution in [3.05, 3.63) is 40.9 Å². The molecule has 0 spiro atoms. The second-order valence-corrected chi connectivity index (χ2v) is 4.77. The van der Waals surface area contributed by atoms with Crippen molar-refractivity contribution in [1.82, 2.24) is 15.0 Å². The molecule has 0 radical (unpaired) electrons. The quantitative estimate of drug-likeness (QED) is 0.637. The number of nitrogens with one attached hydrogen (secondary N) is 1. The van der Waals surface area contributed by atoms with Crippen molar-refractivity contribution in [1.29, 1.82) is 0 Å². The van der Waals surface area contributed by atoms with Crippen LogP contribution in [0, 0.1) is 0 Å². The van der Waals surface area contributed by atoms with E-state index in [4.69, 9.17) is 10.6 Å². The molecular formula is C12H16N4OS. The van der Waals surface area contributed by atoms with Crippen molar-refractivity contribution in [2.75, 3.05) is 0 Å². The zero-order valence-corrected chi connectivity index (χ0v) is 11.1. The van der Waals surface area contributed by atoms with Gasteiger partial charge in [-0.05, 0) is 43.1 Å². The summed E-state index contributed by atoms with van der Waals surface area (Å²) in [5.74, 6) is 6.42. The van der Waals surface area contributed by atoms with E-state index in [-0.39, 0.29) is 12.1 Å². The van der Waals surface area contributed by atoms with Crippen LogP contribution in [0.4, 0.5) is 0 Å². The number of aromatic nitrogens is 2. The number of nitrogens with two attached hydrogens (primary N) is 1. The fourth-order valence-electron chi connectivity index (χ4n) is 1.66. The van der Waals surface area contributed by atoms with Gasteiger partial charge >= 0.3 is 0 Å². The van der Waals surface area contributed by atoms with Gasteiger partial charge in [0.15, 0.2) is 0 Å². The van der Waals surface area contributed by atoms with Crippen LogP contribution in [0.2, 0.25) is 0 Å². The average Bonchev–Trinajstić information content (AvgIpc) is 2.85. The first-order valence-electron chi connectivity index (χ1n) is 5.70. The highest BCUT2D eigenvalue weighted by molar-refractivity contribution is 7.03. The largest absolute Gasteiger partial charge is 0.491 e. The topological polar surface area (TPSA) is 73.1 Å². The smallest absolute Gasteiger partial charge is 0.119 e. The summed E-state index contributed by atoms with van der Waals surface area (Å²) in [6.45, 7) is 4.00. The van der Waals surface area contributed by atoms with Crippen molar-refractivity contribution in [3.63, 3.8) is 0 Å². The van der Waals surface area contributed by atoms with Gasteiger partial charge in [0.25, 0.3) is 0 Å². The predicted molar refractivity (Wildman–Crippen MR) is 71.3 cm³/mol. The average molecular weight is 264 g/mol. The number of benzene rings is 1. The van der Waals surface area contributed by atoms with Gasteiger partial charge in [0.05, 0.1) is 17.8 Å². The van der Waals surface area contributed by atoms with Gasteiger partial charge in [-0.1, -0.05) is 16.6 Å². The molecule has 0 bridgehead atoms. The Bertz CT molecular complexity index is 469. The van der Waals surface area contributed by atoms with Crippen LogP contribution in [-0.4, -0.2) is 15.7 Å². The molecule has 2 rings (SSSR count). The summed E-state index contributed by atoms with van der Waals surface area (Å²) < 4.78 is 9.44. The Morgan fingerprint density at radius 2 is 2.00 bits per heavy atom. The summed E-state index contributed by atoms with van der Waals surface area (Å²) in [7, 11) is 0. The zero-order valence-electron chi connectivity index (χ0n) is 10.3. The lowest BCUT2D eigenvalue weighted by Crippen LogP contribution is -2.29. The standard InChI is InChI=1S/C12H16N4OS/c1-8(2)17-10-5-3-9(4-6-10)12(14-13)11-7-18-16-15-11/h3-8,12,14H,13H2,1-2H3. The summed E-state index contributed by atoms with van der Waals surface area (Å²) in [4.78, 5) is 0. The minimum atomic E-state index is -0.142. The molecule has 0 saturated heterocycles. The normalized spacial score (nSPS) is 12.7. The van der Waals surface area contributed by atoms with E-state index in [0.717, 1.165) is 17.0 Å². The Kier molecular flexibility index (Phi) is 4.24. The lowest BCUT2D eigenvalue weighted by atomic mass is 10.1. The molecule has 0 aliphatic heterocycles. The lowest BCUT2D eigenvalue weighted by Gasteiger charge is -2.15. The number of ether oxygens (including phenoxy) is 1. The Hall–Kier alpha value is -1.50. The van der Waals surface area contributed by atoms with Crippen LogP contribution >= 0.6 is 11.5 Å². The van der Waals surface area contributed by atoms with Crippen LogP contribution in [0.3, 0.4) is 0 Å². The maximum absolute atomic E-state index is 5.60. The number of hydrogen-bond donors (Lipinski definition) is 2. The minimum absolute atomic E-state index is 0.142. The van der Waals surface area contributed by atoms with Gasteiger partial charge in [0.2, 0.25) is 0 Å². The highest BCUT2D eigenvalue weighted by Gasteiger charge is 2.15. The van der Waals surface area contributed by atoms with Crippen LogP contribution in [-0.2, 0) is 0 Å². The predicted octanol–water partition coefficient (Wildman–Crippen LogP) is 1.88. The molecular weight excluding hydrogens is 248 g/mol. The molecule has 1 aromatic carbocycles. The van der Waals surface area contributed by atoms with Crippen molar-refractivity contribution < 1.29 is 4.74 Å². The lowest BCUT2D eigenvalue weighted by molar-refractivity contribution is 0.242. The molecule has 1 heterocycles. The summed E-state index contributed by atoms with van der Waals surface area (Å²) in [5, 5.41) is 5.91. The maximum atomic E-state index is 5.60. The second kappa shape index (κ2) is 5.90. The molecule has 5 nitrogen and oxygen atoms in total. The van der Waals surface area contributed by atoms with Gasteiger partial charge < -0.3 is 4.74 Å². The molecule has 0 saturated carbocycles. The van der Waals surface area contributed by atoms with Crippen LogP contribution in [0.25, 0.3) is 0 Å². The van der Waals surface area contributed by atoms with Crippen molar-refractivity contribution >= 4 is 11.5 Å². The minimum Gasteiger partial charge on any atom is -0.491 e. The Morgan fingerprint density at radius 3 is 2.50 bits per heavy atom. The molecule has 0 fully saturated rings. The highest BCUT2D eigenvalue weighted by Crippen LogP contribution is 2.23. The number of hydrogen-bond acceptors (Lipinski definition) is 6. The van der Waals surface area contributed by atoms with Gasteiger partial charge in [-0.25, -0.2) is 5.43 Å². The van der Waals surface area contributed by atoms with E-state index >= 15 is 0 Å². The van der Waals surface area contributed by atoms with E-state index in [1.807, 2.05) is 43.5 Å². The molecule has 3 N–H and O–H groups in total. The molecule has 0 aliphatic carbocycles. The van der Waals surface area contributed by atoms with E-state index in [9.17, 15) is 0 Å². The van der Waals surface area contributed by atoms with E-state index in [1.165, 1.54) is 11.5 Å². The first-order chi connectivity index (χ1) is 8.70. The van der Waals surface area contributed by atoms with Crippen LogP contribution in [0.15, 0.2) is 29.6 Å². The summed E-state index contributed by atoms with van der Waals surface area (Å²) in [5.41, 5.74) is 4.59. The van der Waals surface area contributed by atoms with Gasteiger partial charge in [-0.2, -0.15) is 0 Å². The molecule has 18 heavy (non-hydrogen) atoms. The maximum Gasteiger partial charge on any atom is 0.119 e. The Balaban J connectivity index is 2.17. The third-order valence-electron chi connectivity index (χ3n) is 2.42. The van der Waals surface area contributed by atoms with Gasteiger partial charge in [-0.3, -0.25) is 5.84 Å². The fourth-order valence-corrected chi connectivity index (χ4v) is 2.14.